The van der Waals surface area contributed by atoms with Crippen LogP contribution in [-0.4, -0.2) is 46.1 Å². The molecule has 0 aliphatic carbocycles. The molecule has 1 amide bonds. The summed E-state index contributed by atoms with van der Waals surface area (Å²) in [5.74, 6) is 1.71. The number of ether oxygens (including phenoxy) is 1. The van der Waals surface area contributed by atoms with Crippen LogP contribution in [0, 0.1) is 0 Å². The van der Waals surface area contributed by atoms with Crippen LogP contribution >= 0.6 is 0 Å². The van der Waals surface area contributed by atoms with E-state index in [9.17, 15) is 4.79 Å². The van der Waals surface area contributed by atoms with Crippen molar-refractivity contribution in [2.45, 2.75) is 12.6 Å². The molecule has 27 heavy (non-hydrogen) atoms. The summed E-state index contributed by atoms with van der Waals surface area (Å²) in [6.07, 6.45) is 3.50. The zero-order chi connectivity index (χ0) is 18.6. The van der Waals surface area contributed by atoms with E-state index in [-0.39, 0.29) is 18.5 Å². The van der Waals surface area contributed by atoms with E-state index >= 15 is 0 Å². The zero-order valence-corrected chi connectivity index (χ0v) is 14.8. The molecule has 0 spiro atoms. The van der Waals surface area contributed by atoms with Crippen molar-refractivity contribution < 1.29 is 14.1 Å². The number of likely N-dealkylation sites (N-methyl/N-ethyl adjacent to an activating group) is 1. The molecule has 8 heteroatoms. The molecule has 138 valence electrons. The summed E-state index contributed by atoms with van der Waals surface area (Å²) in [6.45, 7) is 1.19. The Morgan fingerprint density at radius 3 is 3.07 bits per heavy atom. The van der Waals surface area contributed by atoms with Gasteiger partial charge in [0, 0.05) is 37.1 Å². The number of nitrogens with zero attached hydrogens (tertiary/aromatic N) is 4. The van der Waals surface area contributed by atoms with Gasteiger partial charge < -0.3 is 14.2 Å². The fraction of sp³-hybridized carbons (Fsp3) is 0.263. The molecule has 1 N–H and O–H groups in total. The Kier molecular flexibility index (Phi) is 4.80. The van der Waals surface area contributed by atoms with Crippen molar-refractivity contribution in [1.29, 1.82) is 0 Å². The molecule has 3 aromatic rings. The quantitative estimate of drug-likeness (QED) is 0.737. The van der Waals surface area contributed by atoms with E-state index in [0.717, 1.165) is 11.1 Å². The maximum atomic E-state index is 11.6. The van der Waals surface area contributed by atoms with Crippen LogP contribution in [-0.2, 0) is 11.4 Å². The van der Waals surface area contributed by atoms with Gasteiger partial charge in [-0.05, 0) is 18.2 Å². The molecular weight excluding hydrogens is 346 g/mol. The Balaban J connectivity index is 1.46. The van der Waals surface area contributed by atoms with Crippen LogP contribution in [0.4, 0.5) is 0 Å². The van der Waals surface area contributed by atoms with E-state index in [0.29, 0.717) is 30.6 Å². The third-order valence-electron chi connectivity index (χ3n) is 4.34. The number of amides is 1. The topological polar surface area (TPSA) is 93.4 Å². The molecule has 1 aliphatic rings. The maximum absolute atomic E-state index is 11.6. The Labute approximate surface area is 156 Å². The van der Waals surface area contributed by atoms with Gasteiger partial charge >= 0.3 is 0 Å². The number of rotatable bonds is 5. The van der Waals surface area contributed by atoms with Gasteiger partial charge in [-0.1, -0.05) is 23.4 Å². The van der Waals surface area contributed by atoms with E-state index in [2.05, 4.69) is 20.4 Å². The van der Waals surface area contributed by atoms with Gasteiger partial charge in [0.2, 0.25) is 17.6 Å². The summed E-state index contributed by atoms with van der Waals surface area (Å²) in [5, 5.41) is 7.18. The molecular formula is C19H19N5O3. The number of benzene rings is 1. The van der Waals surface area contributed by atoms with Crippen molar-refractivity contribution in [3.05, 3.63) is 60.2 Å². The van der Waals surface area contributed by atoms with Gasteiger partial charge in [-0.15, -0.1) is 0 Å². The third-order valence-corrected chi connectivity index (χ3v) is 4.34. The molecule has 1 unspecified atom stereocenters. The minimum atomic E-state index is -0.168. The van der Waals surface area contributed by atoms with Gasteiger partial charge in [0.25, 0.3) is 0 Å². The number of carbonyl (C=O) groups excluding carboxylic acids is 1. The number of nitrogens with one attached hydrogen (secondary N) is 1. The smallest absolute Gasteiger partial charge is 0.245 e. The van der Waals surface area contributed by atoms with Crippen molar-refractivity contribution in [1.82, 2.24) is 25.3 Å². The second kappa shape index (κ2) is 7.55. The molecule has 3 heterocycles. The number of piperazine rings is 1. The molecule has 1 aromatic carbocycles. The van der Waals surface area contributed by atoms with Crippen molar-refractivity contribution in [3.8, 4) is 17.1 Å². The van der Waals surface area contributed by atoms with Crippen LogP contribution in [0.3, 0.4) is 0 Å². The lowest BCUT2D eigenvalue weighted by atomic mass is 10.2. The average molecular weight is 365 g/mol. The minimum absolute atomic E-state index is 0.0458. The van der Waals surface area contributed by atoms with Gasteiger partial charge in [-0.25, -0.2) is 0 Å². The molecule has 2 aromatic heterocycles. The highest BCUT2D eigenvalue weighted by atomic mass is 16.5. The van der Waals surface area contributed by atoms with Crippen molar-refractivity contribution in [2.75, 3.05) is 20.1 Å². The van der Waals surface area contributed by atoms with E-state index in [1.807, 2.05) is 36.4 Å². The fourth-order valence-corrected chi connectivity index (χ4v) is 2.82. The Morgan fingerprint density at radius 2 is 2.26 bits per heavy atom. The largest absolute Gasteiger partial charge is 0.489 e. The van der Waals surface area contributed by atoms with E-state index in [1.165, 1.54) is 0 Å². The van der Waals surface area contributed by atoms with Crippen LogP contribution in [0.5, 0.6) is 5.75 Å². The molecule has 0 radical (unpaired) electrons. The van der Waals surface area contributed by atoms with E-state index < -0.39 is 0 Å². The molecule has 1 atom stereocenters. The number of carbonyl (C=O) groups is 1. The molecule has 1 fully saturated rings. The van der Waals surface area contributed by atoms with Gasteiger partial charge in [-0.2, -0.15) is 4.98 Å². The number of hydrogen-bond acceptors (Lipinski definition) is 7. The Morgan fingerprint density at radius 1 is 1.33 bits per heavy atom. The van der Waals surface area contributed by atoms with Gasteiger partial charge in [0.1, 0.15) is 18.4 Å². The van der Waals surface area contributed by atoms with Crippen LogP contribution in [0.25, 0.3) is 11.4 Å². The van der Waals surface area contributed by atoms with Crippen molar-refractivity contribution in [3.63, 3.8) is 0 Å². The highest BCUT2D eigenvalue weighted by Crippen LogP contribution is 2.24. The standard InChI is InChI=1S/C19H19N5O3/c1-24-11-16(21-10-17(24)25)19-22-18(23-27-19)14-5-2-6-15(8-14)26-12-13-4-3-7-20-9-13/h2-9,16,21H,10-12H2,1H3. The van der Waals surface area contributed by atoms with E-state index in [4.69, 9.17) is 9.26 Å². The SMILES string of the molecule is CN1CC(c2nc(-c3cccc(OCc4cccnc4)c3)no2)NCC1=O. The Bertz CT molecular complexity index is 928. The number of hydrogen-bond donors (Lipinski definition) is 1. The summed E-state index contributed by atoms with van der Waals surface area (Å²) < 4.78 is 11.2. The summed E-state index contributed by atoms with van der Waals surface area (Å²) in [7, 11) is 1.76. The van der Waals surface area contributed by atoms with Gasteiger partial charge in [0.15, 0.2) is 0 Å². The lowest BCUT2D eigenvalue weighted by molar-refractivity contribution is -0.131. The zero-order valence-electron chi connectivity index (χ0n) is 14.8. The lowest BCUT2D eigenvalue weighted by Gasteiger charge is -2.28. The van der Waals surface area contributed by atoms with Crippen LogP contribution < -0.4 is 10.1 Å². The molecule has 1 aliphatic heterocycles. The third kappa shape index (κ3) is 3.95. The van der Waals surface area contributed by atoms with Crippen LogP contribution in [0.15, 0.2) is 53.3 Å². The summed E-state index contributed by atoms with van der Waals surface area (Å²) >= 11 is 0. The van der Waals surface area contributed by atoms with E-state index in [1.54, 1.807) is 24.3 Å². The second-order valence-electron chi connectivity index (χ2n) is 6.34. The van der Waals surface area contributed by atoms with Crippen LogP contribution in [0.2, 0.25) is 0 Å². The second-order valence-corrected chi connectivity index (χ2v) is 6.34. The van der Waals surface area contributed by atoms with Gasteiger partial charge in [-0.3, -0.25) is 15.1 Å². The molecule has 8 nitrogen and oxygen atoms in total. The summed E-state index contributed by atoms with van der Waals surface area (Å²) in [6, 6.07) is 11.2. The monoisotopic (exact) mass is 365 g/mol. The predicted octanol–water partition coefficient (Wildman–Crippen LogP) is 1.81. The average Bonchev–Trinajstić information content (AvgIpc) is 3.20. The molecule has 0 saturated carbocycles. The molecule has 0 bridgehead atoms. The highest BCUT2D eigenvalue weighted by molar-refractivity contribution is 5.78. The Hall–Kier alpha value is -3.26. The summed E-state index contributed by atoms with van der Waals surface area (Å²) in [5.41, 5.74) is 1.79. The lowest BCUT2D eigenvalue weighted by Crippen LogP contribution is -2.47. The molecule has 4 rings (SSSR count). The first-order valence-corrected chi connectivity index (χ1v) is 8.62. The van der Waals surface area contributed by atoms with Crippen molar-refractivity contribution in [2.24, 2.45) is 0 Å². The normalized spacial score (nSPS) is 17.1. The van der Waals surface area contributed by atoms with Gasteiger partial charge in [0.05, 0.1) is 6.54 Å². The summed E-state index contributed by atoms with van der Waals surface area (Å²) in [4.78, 5) is 21.8. The first-order valence-electron chi connectivity index (χ1n) is 8.62. The minimum Gasteiger partial charge on any atom is -0.489 e. The fourth-order valence-electron chi connectivity index (χ4n) is 2.82. The maximum Gasteiger partial charge on any atom is 0.245 e. The van der Waals surface area contributed by atoms with Crippen LogP contribution in [0.1, 0.15) is 17.5 Å². The number of pyridine rings is 1. The number of aromatic nitrogens is 3. The predicted molar refractivity (Wildman–Crippen MR) is 96.7 cm³/mol. The first kappa shape index (κ1) is 17.2. The first-order chi connectivity index (χ1) is 13.2. The van der Waals surface area contributed by atoms with Crippen molar-refractivity contribution >= 4 is 5.91 Å². The highest BCUT2D eigenvalue weighted by Gasteiger charge is 2.27. The molecule has 1 saturated heterocycles.